The Labute approximate surface area is 135 Å². The molecule has 2 N–H and O–H groups in total. The first-order valence-corrected chi connectivity index (χ1v) is 8.04. The van der Waals surface area contributed by atoms with Crippen LogP contribution in [-0.2, 0) is 16.1 Å². The van der Waals surface area contributed by atoms with Gasteiger partial charge in [-0.15, -0.1) is 0 Å². The van der Waals surface area contributed by atoms with E-state index in [0.717, 1.165) is 12.8 Å². The maximum absolute atomic E-state index is 11.9. The number of halogens is 2. The number of pyridine rings is 1. The van der Waals surface area contributed by atoms with Crippen LogP contribution in [0.3, 0.4) is 0 Å². The zero-order chi connectivity index (χ0) is 15.2. The molecule has 0 bridgehead atoms. The van der Waals surface area contributed by atoms with Crippen molar-refractivity contribution in [1.82, 2.24) is 4.98 Å². The molecule has 2 rings (SSSR count). The highest BCUT2D eigenvalue weighted by molar-refractivity contribution is 6.32. The molecular formula is C15H20Cl2N2O2. The van der Waals surface area contributed by atoms with Crippen molar-refractivity contribution in [1.29, 1.82) is 0 Å². The van der Waals surface area contributed by atoms with Gasteiger partial charge >= 0.3 is 5.97 Å². The molecule has 116 valence electrons. The molecule has 0 unspecified atom stereocenters. The van der Waals surface area contributed by atoms with Crippen molar-refractivity contribution >= 4 is 29.2 Å². The van der Waals surface area contributed by atoms with Gasteiger partial charge in [-0.05, 0) is 30.0 Å². The zero-order valence-corrected chi connectivity index (χ0v) is 13.4. The van der Waals surface area contributed by atoms with Crippen LogP contribution in [0.5, 0.6) is 0 Å². The molecule has 6 heteroatoms. The van der Waals surface area contributed by atoms with Gasteiger partial charge in [-0.1, -0.05) is 55.3 Å². The molecule has 0 aliphatic heterocycles. The lowest BCUT2D eigenvalue weighted by Gasteiger charge is -2.23. The Morgan fingerprint density at radius 3 is 2.52 bits per heavy atom. The molecule has 1 aliphatic carbocycles. The molecule has 0 amide bonds. The number of hydrogen-bond donors (Lipinski definition) is 1. The van der Waals surface area contributed by atoms with Gasteiger partial charge in [0.05, 0.1) is 0 Å². The van der Waals surface area contributed by atoms with Crippen LogP contribution in [0, 0.1) is 5.92 Å². The molecule has 1 aromatic rings. The summed E-state index contributed by atoms with van der Waals surface area (Å²) >= 11 is 11.6. The van der Waals surface area contributed by atoms with E-state index in [1.54, 1.807) is 12.1 Å². The van der Waals surface area contributed by atoms with Crippen LogP contribution in [0.15, 0.2) is 12.1 Å². The summed E-state index contributed by atoms with van der Waals surface area (Å²) in [5.74, 6) is 0.177. The number of ether oxygens (including phenoxy) is 1. The SMILES string of the molecule is N[C@@H](CC1CCCCC1)C(=O)OCc1cc(Cl)nc(Cl)c1. The highest BCUT2D eigenvalue weighted by atomic mass is 35.5. The third-order valence-electron chi connectivity index (χ3n) is 3.82. The number of nitrogens with two attached hydrogens (primary N) is 1. The van der Waals surface area contributed by atoms with Crippen molar-refractivity contribution in [2.24, 2.45) is 11.7 Å². The van der Waals surface area contributed by atoms with E-state index in [4.69, 9.17) is 33.7 Å². The Kier molecular flexibility index (Phi) is 6.27. The van der Waals surface area contributed by atoms with E-state index in [0.29, 0.717) is 17.9 Å². The highest BCUT2D eigenvalue weighted by Crippen LogP contribution is 2.27. The minimum Gasteiger partial charge on any atom is -0.460 e. The lowest BCUT2D eigenvalue weighted by Crippen LogP contribution is -2.34. The Hall–Kier alpha value is -0.840. The number of esters is 1. The van der Waals surface area contributed by atoms with Crippen molar-refractivity contribution in [3.05, 3.63) is 28.0 Å². The quantitative estimate of drug-likeness (QED) is 0.659. The lowest BCUT2D eigenvalue weighted by molar-refractivity contribution is -0.147. The van der Waals surface area contributed by atoms with Crippen molar-refractivity contribution in [2.45, 2.75) is 51.2 Å². The van der Waals surface area contributed by atoms with Gasteiger partial charge in [-0.3, -0.25) is 4.79 Å². The van der Waals surface area contributed by atoms with Crippen LogP contribution in [-0.4, -0.2) is 17.0 Å². The second-order valence-electron chi connectivity index (χ2n) is 5.57. The van der Waals surface area contributed by atoms with Gasteiger partial charge in [0.25, 0.3) is 0 Å². The van der Waals surface area contributed by atoms with Gasteiger partial charge in [-0.25, -0.2) is 4.98 Å². The summed E-state index contributed by atoms with van der Waals surface area (Å²) in [7, 11) is 0. The Bertz CT molecular complexity index is 470. The molecule has 1 aromatic heterocycles. The van der Waals surface area contributed by atoms with Crippen molar-refractivity contribution in [3.63, 3.8) is 0 Å². The van der Waals surface area contributed by atoms with Crippen LogP contribution in [0.2, 0.25) is 10.3 Å². The Morgan fingerprint density at radius 1 is 1.29 bits per heavy atom. The van der Waals surface area contributed by atoms with Crippen molar-refractivity contribution < 1.29 is 9.53 Å². The minimum atomic E-state index is -0.555. The molecule has 21 heavy (non-hydrogen) atoms. The van der Waals surface area contributed by atoms with Gasteiger partial charge in [0.15, 0.2) is 0 Å². The molecule has 1 heterocycles. The van der Waals surface area contributed by atoms with Gasteiger partial charge in [0, 0.05) is 0 Å². The summed E-state index contributed by atoms with van der Waals surface area (Å²) in [5, 5.41) is 0.556. The number of rotatable bonds is 5. The molecule has 1 atom stereocenters. The summed E-state index contributed by atoms with van der Waals surface area (Å²) in [4.78, 5) is 15.8. The smallest absolute Gasteiger partial charge is 0.323 e. The standard InChI is InChI=1S/C15H20Cl2N2O2/c16-13-7-11(8-14(17)19-13)9-21-15(20)12(18)6-10-4-2-1-3-5-10/h7-8,10,12H,1-6,9,18H2/t12-/m0/s1. The zero-order valence-electron chi connectivity index (χ0n) is 11.9. The van der Waals surface area contributed by atoms with Gasteiger partial charge < -0.3 is 10.5 Å². The largest absolute Gasteiger partial charge is 0.460 e. The van der Waals surface area contributed by atoms with E-state index in [9.17, 15) is 4.79 Å². The topological polar surface area (TPSA) is 65.2 Å². The average Bonchev–Trinajstić information content (AvgIpc) is 2.44. The second kappa shape index (κ2) is 7.97. The lowest BCUT2D eigenvalue weighted by atomic mass is 9.85. The van der Waals surface area contributed by atoms with Gasteiger partial charge in [0.1, 0.15) is 23.0 Å². The van der Waals surface area contributed by atoms with Gasteiger partial charge in [0.2, 0.25) is 0 Å². The minimum absolute atomic E-state index is 0.110. The van der Waals surface area contributed by atoms with Crippen LogP contribution < -0.4 is 5.73 Å². The third-order valence-corrected chi connectivity index (χ3v) is 4.21. The van der Waals surface area contributed by atoms with Crippen molar-refractivity contribution in [2.75, 3.05) is 0 Å². The second-order valence-corrected chi connectivity index (χ2v) is 6.35. The highest BCUT2D eigenvalue weighted by Gasteiger charge is 2.22. The average molecular weight is 331 g/mol. The van der Waals surface area contributed by atoms with Crippen LogP contribution in [0.1, 0.15) is 44.1 Å². The maximum Gasteiger partial charge on any atom is 0.323 e. The molecule has 0 radical (unpaired) electrons. The van der Waals surface area contributed by atoms with Gasteiger partial charge in [-0.2, -0.15) is 0 Å². The predicted octanol–water partition coefficient (Wildman–Crippen LogP) is 3.73. The Balaban J connectivity index is 1.80. The van der Waals surface area contributed by atoms with E-state index in [1.165, 1.54) is 19.3 Å². The number of carbonyl (C=O) groups is 1. The molecular weight excluding hydrogens is 311 g/mol. The van der Waals surface area contributed by atoms with E-state index >= 15 is 0 Å². The van der Waals surface area contributed by atoms with Crippen molar-refractivity contribution in [3.8, 4) is 0 Å². The van der Waals surface area contributed by atoms with E-state index in [1.807, 2.05) is 0 Å². The molecule has 0 aromatic carbocycles. The molecule has 1 aliphatic rings. The molecule has 1 saturated carbocycles. The fourth-order valence-electron chi connectivity index (χ4n) is 2.74. The summed E-state index contributed by atoms with van der Waals surface area (Å²) < 4.78 is 5.23. The molecule has 1 fully saturated rings. The van der Waals surface area contributed by atoms with Crippen LogP contribution in [0.25, 0.3) is 0 Å². The van der Waals surface area contributed by atoms with E-state index in [-0.39, 0.29) is 22.9 Å². The first-order chi connectivity index (χ1) is 10.0. The fraction of sp³-hybridized carbons (Fsp3) is 0.600. The number of nitrogens with zero attached hydrogens (tertiary/aromatic N) is 1. The summed E-state index contributed by atoms with van der Waals surface area (Å²) in [6.45, 7) is 0.110. The first-order valence-electron chi connectivity index (χ1n) is 7.29. The normalized spacial score (nSPS) is 17.5. The fourth-order valence-corrected chi connectivity index (χ4v) is 3.24. The molecule has 0 spiro atoms. The van der Waals surface area contributed by atoms with Crippen LogP contribution in [0.4, 0.5) is 0 Å². The molecule has 4 nitrogen and oxygen atoms in total. The summed E-state index contributed by atoms with van der Waals surface area (Å²) in [6, 6.07) is 2.68. The number of aromatic nitrogens is 1. The Morgan fingerprint density at radius 2 is 1.90 bits per heavy atom. The summed E-state index contributed by atoms with van der Waals surface area (Å²) in [6.07, 6.45) is 6.80. The van der Waals surface area contributed by atoms with Crippen LogP contribution >= 0.6 is 23.2 Å². The van der Waals surface area contributed by atoms with E-state index < -0.39 is 6.04 Å². The third kappa shape index (κ3) is 5.46. The number of carbonyl (C=O) groups excluding carboxylic acids is 1. The number of hydrogen-bond acceptors (Lipinski definition) is 4. The molecule has 0 saturated heterocycles. The maximum atomic E-state index is 11.9. The first kappa shape index (κ1) is 16.5. The summed E-state index contributed by atoms with van der Waals surface area (Å²) in [5.41, 5.74) is 6.64. The monoisotopic (exact) mass is 330 g/mol. The van der Waals surface area contributed by atoms with E-state index in [2.05, 4.69) is 4.98 Å². The predicted molar refractivity (Wildman–Crippen MR) is 83.2 cm³/mol.